The van der Waals surface area contributed by atoms with Gasteiger partial charge in [0.05, 0.1) is 11.4 Å². The molecule has 0 spiro atoms. The van der Waals surface area contributed by atoms with E-state index < -0.39 is 0 Å². The zero-order chi connectivity index (χ0) is 11.4. The number of halogens is 1. The Balaban J connectivity index is 2.08. The fourth-order valence-corrected chi connectivity index (χ4v) is 1.65. The van der Waals surface area contributed by atoms with Crippen molar-refractivity contribution in [3.8, 4) is 0 Å². The Morgan fingerprint density at radius 3 is 2.56 bits per heavy atom. The van der Waals surface area contributed by atoms with Gasteiger partial charge in [0.15, 0.2) is 0 Å². The Labute approximate surface area is 100 Å². The number of benzene rings is 2. The van der Waals surface area contributed by atoms with Crippen LogP contribution in [0.3, 0.4) is 0 Å². The van der Waals surface area contributed by atoms with E-state index in [1.54, 1.807) is 12.1 Å². The van der Waals surface area contributed by atoms with Gasteiger partial charge in [0, 0.05) is 11.6 Å². The summed E-state index contributed by atoms with van der Waals surface area (Å²) in [6.45, 7) is 0.741. The number of hydrogen-bond donors (Lipinski definition) is 2. The summed E-state index contributed by atoms with van der Waals surface area (Å²) in [6.07, 6.45) is 0. The van der Waals surface area contributed by atoms with Crippen LogP contribution in [-0.4, -0.2) is 0 Å². The van der Waals surface area contributed by atoms with E-state index >= 15 is 0 Å². The Bertz CT molecular complexity index is 469. The van der Waals surface area contributed by atoms with Gasteiger partial charge < -0.3 is 11.1 Å². The second-order valence-electron chi connectivity index (χ2n) is 3.57. The maximum Gasteiger partial charge on any atom is 0.0591 e. The molecule has 0 heterocycles. The van der Waals surface area contributed by atoms with Crippen LogP contribution in [0.4, 0.5) is 11.4 Å². The van der Waals surface area contributed by atoms with E-state index in [-0.39, 0.29) is 0 Å². The van der Waals surface area contributed by atoms with Crippen LogP contribution < -0.4 is 11.1 Å². The van der Waals surface area contributed by atoms with Crippen LogP contribution in [0.5, 0.6) is 0 Å². The normalized spacial score (nSPS) is 10.1. The first-order valence-electron chi connectivity index (χ1n) is 5.08. The molecule has 0 aliphatic heterocycles. The van der Waals surface area contributed by atoms with Crippen LogP contribution in [0, 0.1) is 0 Å². The van der Waals surface area contributed by atoms with E-state index in [0.717, 1.165) is 12.2 Å². The molecule has 82 valence electrons. The van der Waals surface area contributed by atoms with Crippen LogP contribution in [0.2, 0.25) is 5.02 Å². The smallest absolute Gasteiger partial charge is 0.0591 e. The molecule has 0 atom stereocenters. The average Bonchev–Trinajstić information content (AvgIpc) is 2.32. The van der Waals surface area contributed by atoms with Crippen molar-refractivity contribution < 1.29 is 0 Å². The molecule has 0 aliphatic rings. The first-order chi connectivity index (χ1) is 7.75. The number of nitrogen functional groups attached to an aromatic ring is 1. The number of nitrogens with two attached hydrogens (primary N) is 1. The zero-order valence-corrected chi connectivity index (χ0v) is 9.54. The fraction of sp³-hybridized carbons (Fsp3) is 0.0769. The molecule has 0 fully saturated rings. The van der Waals surface area contributed by atoms with Crippen molar-refractivity contribution in [2.24, 2.45) is 0 Å². The summed E-state index contributed by atoms with van der Waals surface area (Å²) in [5.41, 5.74) is 8.62. The van der Waals surface area contributed by atoms with Crippen molar-refractivity contribution in [3.05, 3.63) is 59.1 Å². The van der Waals surface area contributed by atoms with Crippen molar-refractivity contribution in [1.29, 1.82) is 0 Å². The van der Waals surface area contributed by atoms with Gasteiger partial charge in [-0.25, -0.2) is 0 Å². The Hall–Kier alpha value is -1.67. The number of rotatable bonds is 3. The first kappa shape index (κ1) is 10.8. The Morgan fingerprint density at radius 1 is 1.06 bits per heavy atom. The summed E-state index contributed by atoms with van der Waals surface area (Å²) in [6, 6.07) is 15.6. The molecule has 2 rings (SSSR count). The van der Waals surface area contributed by atoms with Gasteiger partial charge in [-0.05, 0) is 23.8 Å². The minimum Gasteiger partial charge on any atom is -0.397 e. The predicted molar refractivity (Wildman–Crippen MR) is 69.6 cm³/mol. The summed E-state index contributed by atoms with van der Waals surface area (Å²) in [5, 5.41) is 3.95. The van der Waals surface area contributed by atoms with E-state index in [4.69, 9.17) is 17.3 Å². The third kappa shape index (κ3) is 2.67. The molecule has 3 N–H and O–H groups in total. The molecule has 0 aromatic heterocycles. The minimum absolute atomic E-state index is 0.685. The highest BCUT2D eigenvalue weighted by Crippen LogP contribution is 2.23. The quantitative estimate of drug-likeness (QED) is 0.795. The lowest BCUT2D eigenvalue weighted by Gasteiger charge is -2.09. The summed E-state index contributed by atoms with van der Waals surface area (Å²) < 4.78 is 0. The number of anilines is 2. The van der Waals surface area contributed by atoms with Crippen molar-refractivity contribution in [3.63, 3.8) is 0 Å². The van der Waals surface area contributed by atoms with Crippen LogP contribution in [0.25, 0.3) is 0 Å². The first-order valence-corrected chi connectivity index (χ1v) is 5.46. The standard InChI is InChI=1S/C13H13ClN2/c14-11-6-7-12(15)13(8-11)16-9-10-4-2-1-3-5-10/h1-8,16H,9,15H2. The van der Waals surface area contributed by atoms with Gasteiger partial charge in [-0.15, -0.1) is 0 Å². The zero-order valence-electron chi connectivity index (χ0n) is 8.78. The molecule has 2 nitrogen and oxygen atoms in total. The molecule has 3 heteroatoms. The lowest BCUT2D eigenvalue weighted by Crippen LogP contribution is -2.02. The van der Waals surface area contributed by atoms with E-state index in [1.807, 2.05) is 24.3 Å². The summed E-state index contributed by atoms with van der Waals surface area (Å²) in [7, 11) is 0. The SMILES string of the molecule is Nc1ccc(Cl)cc1NCc1ccccc1. The molecular formula is C13H13ClN2. The molecule has 0 amide bonds. The van der Waals surface area contributed by atoms with Gasteiger partial charge in [-0.1, -0.05) is 41.9 Å². The summed E-state index contributed by atoms with van der Waals surface area (Å²) in [5.74, 6) is 0. The third-order valence-corrected chi connectivity index (χ3v) is 2.58. The monoisotopic (exact) mass is 232 g/mol. The molecule has 2 aromatic rings. The third-order valence-electron chi connectivity index (χ3n) is 2.34. The molecule has 0 aliphatic carbocycles. The van der Waals surface area contributed by atoms with Crippen molar-refractivity contribution in [1.82, 2.24) is 0 Å². The molecule has 2 aromatic carbocycles. The van der Waals surface area contributed by atoms with E-state index in [2.05, 4.69) is 17.4 Å². The maximum absolute atomic E-state index is 5.90. The highest BCUT2D eigenvalue weighted by molar-refractivity contribution is 6.31. The molecule has 0 bridgehead atoms. The van der Waals surface area contributed by atoms with Gasteiger partial charge in [-0.3, -0.25) is 0 Å². The molecule has 0 unspecified atom stereocenters. The molecular weight excluding hydrogens is 220 g/mol. The van der Waals surface area contributed by atoms with Crippen LogP contribution in [0.15, 0.2) is 48.5 Å². The fourth-order valence-electron chi connectivity index (χ4n) is 1.47. The van der Waals surface area contributed by atoms with Crippen LogP contribution in [-0.2, 0) is 6.54 Å². The van der Waals surface area contributed by atoms with Gasteiger partial charge in [0.1, 0.15) is 0 Å². The van der Waals surface area contributed by atoms with Crippen molar-refractivity contribution in [2.75, 3.05) is 11.1 Å². The van der Waals surface area contributed by atoms with Gasteiger partial charge in [0.2, 0.25) is 0 Å². The van der Waals surface area contributed by atoms with Crippen molar-refractivity contribution in [2.45, 2.75) is 6.54 Å². The van der Waals surface area contributed by atoms with Gasteiger partial charge in [-0.2, -0.15) is 0 Å². The molecule has 0 saturated heterocycles. The van der Waals surface area contributed by atoms with E-state index in [1.165, 1.54) is 5.56 Å². The molecule has 0 saturated carbocycles. The Kier molecular flexibility index (Phi) is 3.32. The highest BCUT2D eigenvalue weighted by Gasteiger charge is 1.99. The van der Waals surface area contributed by atoms with Crippen LogP contribution in [0.1, 0.15) is 5.56 Å². The van der Waals surface area contributed by atoms with Crippen molar-refractivity contribution >= 4 is 23.0 Å². The summed E-state index contributed by atoms with van der Waals surface area (Å²) >= 11 is 5.90. The Morgan fingerprint density at radius 2 is 1.81 bits per heavy atom. The average molecular weight is 233 g/mol. The topological polar surface area (TPSA) is 38.0 Å². The van der Waals surface area contributed by atoms with E-state index in [0.29, 0.717) is 10.7 Å². The largest absolute Gasteiger partial charge is 0.397 e. The predicted octanol–water partition coefficient (Wildman–Crippen LogP) is 3.53. The maximum atomic E-state index is 5.90. The second kappa shape index (κ2) is 4.90. The summed E-state index contributed by atoms with van der Waals surface area (Å²) in [4.78, 5) is 0. The van der Waals surface area contributed by atoms with E-state index in [9.17, 15) is 0 Å². The number of nitrogens with one attached hydrogen (secondary N) is 1. The highest BCUT2D eigenvalue weighted by atomic mass is 35.5. The molecule has 16 heavy (non-hydrogen) atoms. The van der Waals surface area contributed by atoms with Gasteiger partial charge in [0.25, 0.3) is 0 Å². The van der Waals surface area contributed by atoms with Crippen LogP contribution >= 0.6 is 11.6 Å². The lowest BCUT2D eigenvalue weighted by atomic mass is 10.2. The number of hydrogen-bond acceptors (Lipinski definition) is 2. The molecule has 0 radical (unpaired) electrons. The minimum atomic E-state index is 0.685. The van der Waals surface area contributed by atoms with Gasteiger partial charge >= 0.3 is 0 Å². The second-order valence-corrected chi connectivity index (χ2v) is 4.01. The lowest BCUT2D eigenvalue weighted by molar-refractivity contribution is 1.15.